The van der Waals surface area contributed by atoms with E-state index in [1.807, 2.05) is 0 Å². The van der Waals surface area contributed by atoms with Crippen molar-refractivity contribution in [2.45, 2.75) is 26.2 Å². The zero-order valence-electron chi connectivity index (χ0n) is 6.86. The van der Waals surface area contributed by atoms with Crippen LogP contribution in [0.25, 0.3) is 0 Å². The van der Waals surface area contributed by atoms with Crippen molar-refractivity contribution in [2.24, 2.45) is 11.8 Å². The molecular weight excluding hydrogens is 235 g/mol. The molecule has 0 aromatic heterocycles. The summed E-state index contributed by atoms with van der Waals surface area (Å²) < 4.78 is 1.59. The molecule has 10 heavy (non-hydrogen) atoms. The van der Waals surface area contributed by atoms with Crippen molar-refractivity contribution in [1.82, 2.24) is 0 Å². The van der Waals surface area contributed by atoms with Crippen LogP contribution in [0.3, 0.4) is 0 Å². The number of hydrogen-bond acceptors (Lipinski definition) is 0. The Morgan fingerprint density at radius 1 is 1.50 bits per heavy atom. The summed E-state index contributed by atoms with van der Waals surface area (Å²) in [7, 11) is 0. The second kappa shape index (κ2) is 3.74. The summed E-state index contributed by atoms with van der Waals surface area (Å²) in [6, 6.07) is 0. The average molecular weight is 251 g/mol. The monoisotopic (exact) mass is 251 g/mol. The number of alkyl halides is 1. The van der Waals surface area contributed by atoms with E-state index in [0.717, 1.165) is 11.8 Å². The van der Waals surface area contributed by atoms with Crippen molar-refractivity contribution in [3.8, 4) is 0 Å². The zero-order chi connectivity index (χ0) is 7.56. The molecule has 0 N–H and O–H groups in total. The molecule has 1 saturated carbocycles. The van der Waals surface area contributed by atoms with Crippen molar-refractivity contribution in [2.75, 3.05) is 4.93 Å². The Balaban J connectivity index is 2.37. The molecule has 0 heterocycles. The molecule has 0 aromatic rings. The van der Waals surface area contributed by atoms with Gasteiger partial charge in [-0.25, -0.2) is 0 Å². The molecule has 0 radical (unpaired) electrons. The molecule has 0 aromatic carbocycles. The van der Waals surface area contributed by atoms with Crippen LogP contribution in [0.4, 0.5) is 0 Å². The van der Waals surface area contributed by atoms with Crippen molar-refractivity contribution in [1.29, 1.82) is 0 Å². The van der Waals surface area contributed by atoms with E-state index in [4.69, 9.17) is 0 Å². The summed E-state index contributed by atoms with van der Waals surface area (Å²) in [5, 5.41) is 0. The summed E-state index contributed by atoms with van der Waals surface area (Å²) in [5.74, 6) is 1.88. The summed E-state index contributed by atoms with van der Waals surface area (Å²) in [6.45, 7) is 6.50. The molecule has 1 rings (SSSR count). The summed E-state index contributed by atoms with van der Waals surface area (Å²) >= 11 is 0.318. The van der Waals surface area contributed by atoms with Crippen LogP contribution in [-0.4, -0.2) is 4.93 Å². The van der Waals surface area contributed by atoms with E-state index < -0.39 is 0 Å². The summed E-state index contributed by atoms with van der Waals surface area (Å²) in [4.78, 5) is 2.32. The van der Waals surface area contributed by atoms with Crippen LogP contribution >= 0.6 is 0 Å². The number of rotatable bonds is 2. The Hall–Kier alpha value is 0.470. The molecular formula is C9H16I-. The van der Waals surface area contributed by atoms with Gasteiger partial charge in [-0.3, -0.25) is 0 Å². The van der Waals surface area contributed by atoms with E-state index in [1.165, 1.54) is 19.3 Å². The van der Waals surface area contributed by atoms with E-state index >= 15 is 0 Å². The molecule has 2 unspecified atom stereocenters. The first-order valence-electron chi connectivity index (χ1n) is 3.92. The third-order valence-corrected chi connectivity index (χ3v) is 4.65. The molecule has 1 aliphatic rings. The minimum absolute atomic E-state index is 0.318. The van der Waals surface area contributed by atoms with Crippen LogP contribution in [0.5, 0.6) is 0 Å². The fraction of sp³-hybridized carbons (Fsp3) is 0.778. The zero-order valence-corrected chi connectivity index (χ0v) is 9.02. The van der Waals surface area contributed by atoms with Crippen molar-refractivity contribution in [3.63, 3.8) is 0 Å². The van der Waals surface area contributed by atoms with Crippen LogP contribution in [-0.2, 0) is 0 Å². The van der Waals surface area contributed by atoms with Gasteiger partial charge in [-0.15, -0.1) is 0 Å². The SMILES string of the molecule is C=C([I-]C)C1CCC(C)C1. The first-order chi connectivity index (χ1) is 4.74. The third kappa shape index (κ3) is 1.97. The Bertz CT molecular complexity index is 129. The van der Waals surface area contributed by atoms with E-state index in [2.05, 4.69) is 18.4 Å². The van der Waals surface area contributed by atoms with Crippen LogP contribution in [0.2, 0.25) is 0 Å². The predicted molar refractivity (Wildman–Crippen MR) is 41.6 cm³/mol. The van der Waals surface area contributed by atoms with Crippen molar-refractivity contribution >= 4 is 0 Å². The van der Waals surface area contributed by atoms with Gasteiger partial charge in [-0.05, 0) is 0 Å². The van der Waals surface area contributed by atoms with Gasteiger partial charge < -0.3 is 0 Å². The summed E-state index contributed by atoms with van der Waals surface area (Å²) in [5.41, 5.74) is 0. The average Bonchev–Trinajstić information content (AvgIpc) is 2.34. The molecule has 0 nitrogen and oxygen atoms in total. The van der Waals surface area contributed by atoms with Gasteiger partial charge in [0.15, 0.2) is 0 Å². The molecule has 0 aliphatic heterocycles. The quantitative estimate of drug-likeness (QED) is 0.465. The molecule has 0 saturated heterocycles. The van der Waals surface area contributed by atoms with E-state index in [0.29, 0.717) is 21.2 Å². The molecule has 60 valence electrons. The van der Waals surface area contributed by atoms with Gasteiger partial charge in [-0.2, -0.15) is 0 Å². The Morgan fingerprint density at radius 2 is 2.20 bits per heavy atom. The van der Waals surface area contributed by atoms with Gasteiger partial charge in [0, 0.05) is 0 Å². The van der Waals surface area contributed by atoms with Gasteiger partial charge >= 0.3 is 74.3 Å². The summed E-state index contributed by atoms with van der Waals surface area (Å²) in [6.07, 6.45) is 4.29. The molecule has 2 atom stereocenters. The Labute approximate surface area is 74.3 Å². The van der Waals surface area contributed by atoms with Gasteiger partial charge in [0.2, 0.25) is 0 Å². The standard InChI is InChI=1S/C9H16I/c1-7-4-5-9(6-7)8(2)10-3/h7,9H,2,4-6H2,1,3H3/q-1. The maximum atomic E-state index is 4.14. The fourth-order valence-corrected chi connectivity index (χ4v) is 3.09. The molecule has 1 heteroatoms. The van der Waals surface area contributed by atoms with Gasteiger partial charge in [0.1, 0.15) is 0 Å². The Morgan fingerprint density at radius 3 is 2.60 bits per heavy atom. The number of hydrogen-bond donors (Lipinski definition) is 0. The van der Waals surface area contributed by atoms with E-state index in [9.17, 15) is 0 Å². The first-order valence-corrected chi connectivity index (χ1v) is 7.16. The third-order valence-electron chi connectivity index (χ3n) is 2.38. The number of allylic oxidation sites excluding steroid dienone is 1. The van der Waals surface area contributed by atoms with Crippen molar-refractivity contribution < 1.29 is 21.2 Å². The Kier molecular flexibility index (Phi) is 3.21. The van der Waals surface area contributed by atoms with Crippen LogP contribution < -0.4 is 21.2 Å². The molecule has 0 spiro atoms. The number of halogens is 1. The first kappa shape index (κ1) is 8.57. The van der Waals surface area contributed by atoms with Crippen LogP contribution in [0.1, 0.15) is 26.2 Å². The molecule has 0 amide bonds. The maximum absolute atomic E-state index is 4.14. The fourth-order valence-electron chi connectivity index (χ4n) is 1.65. The van der Waals surface area contributed by atoms with Gasteiger partial charge in [0.25, 0.3) is 0 Å². The normalized spacial score (nSPS) is 33.0. The van der Waals surface area contributed by atoms with E-state index in [1.54, 1.807) is 3.58 Å². The van der Waals surface area contributed by atoms with Gasteiger partial charge in [-0.1, -0.05) is 0 Å². The van der Waals surface area contributed by atoms with Crippen LogP contribution in [0, 0.1) is 11.8 Å². The predicted octanol–water partition coefficient (Wildman–Crippen LogP) is -0.345. The second-order valence-electron chi connectivity index (χ2n) is 3.25. The second-order valence-corrected chi connectivity index (χ2v) is 5.72. The minimum atomic E-state index is 0.318. The molecule has 0 bridgehead atoms. The van der Waals surface area contributed by atoms with Gasteiger partial charge in [0.05, 0.1) is 0 Å². The molecule has 1 fully saturated rings. The van der Waals surface area contributed by atoms with Crippen LogP contribution in [0.15, 0.2) is 10.2 Å². The van der Waals surface area contributed by atoms with E-state index in [-0.39, 0.29) is 0 Å². The topological polar surface area (TPSA) is 0 Å². The molecule has 1 aliphatic carbocycles. The van der Waals surface area contributed by atoms with Crippen molar-refractivity contribution in [3.05, 3.63) is 10.2 Å².